The molecule has 2 aromatic rings. The molecule has 3 atom stereocenters. The number of piperidine rings is 1. The van der Waals surface area contributed by atoms with Gasteiger partial charge in [-0.3, -0.25) is 4.79 Å². The molecule has 4 heterocycles. The lowest BCUT2D eigenvalue weighted by atomic mass is 10.00. The first-order chi connectivity index (χ1) is 9.69. The normalized spacial score (nSPS) is 28.1. The lowest BCUT2D eigenvalue weighted by molar-refractivity contribution is 0.0919. The van der Waals surface area contributed by atoms with Crippen LogP contribution in [0.4, 0.5) is 0 Å². The Kier molecular flexibility index (Phi) is 2.82. The van der Waals surface area contributed by atoms with Crippen LogP contribution in [-0.2, 0) is 0 Å². The second kappa shape index (κ2) is 4.56. The maximum absolute atomic E-state index is 12.3. The van der Waals surface area contributed by atoms with Crippen molar-refractivity contribution < 1.29 is 4.79 Å². The van der Waals surface area contributed by atoms with Gasteiger partial charge in [-0.25, -0.2) is 4.98 Å². The molecule has 2 saturated heterocycles. The maximum atomic E-state index is 12.3. The monoisotopic (exact) mass is 334 g/mol. The summed E-state index contributed by atoms with van der Waals surface area (Å²) in [7, 11) is 0. The third kappa shape index (κ3) is 2.03. The molecule has 2 aliphatic rings. The summed E-state index contributed by atoms with van der Waals surface area (Å²) in [5.74, 6) is 0.550. The number of fused-ring (bicyclic) bond motifs is 3. The van der Waals surface area contributed by atoms with E-state index in [2.05, 4.69) is 31.1 Å². The fraction of sp³-hybridized carbons (Fsp3) is 0.429. The minimum absolute atomic E-state index is 0.0661. The van der Waals surface area contributed by atoms with E-state index in [1.54, 1.807) is 6.33 Å². The van der Waals surface area contributed by atoms with Crippen LogP contribution >= 0.6 is 15.9 Å². The molecule has 2 aliphatic heterocycles. The van der Waals surface area contributed by atoms with E-state index in [4.69, 9.17) is 0 Å². The van der Waals surface area contributed by atoms with Crippen molar-refractivity contribution in [1.82, 2.24) is 19.6 Å². The topological polar surface area (TPSA) is 49.6 Å². The van der Waals surface area contributed by atoms with E-state index in [-0.39, 0.29) is 11.9 Å². The van der Waals surface area contributed by atoms with Crippen LogP contribution in [0.5, 0.6) is 0 Å². The molecule has 0 aromatic carbocycles. The minimum Gasteiger partial charge on any atom is -0.346 e. The molecule has 2 fully saturated rings. The van der Waals surface area contributed by atoms with Gasteiger partial charge in [0.05, 0.1) is 0 Å². The largest absolute Gasteiger partial charge is 0.346 e. The molecule has 5 nitrogen and oxygen atoms in total. The molecule has 0 spiro atoms. The van der Waals surface area contributed by atoms with Gasteiger partial charge in [0.1, 0.15) is 12.0 Å². The van der Waals surface area contributed by atoms with Crippen LogP contribution in [0.15, 0.2) is 29.1 Å². The molecule has 4 rings (SSSR count). The molecule has 0 saturated carbocycles. The Morgan fingerprint density at radius 3 is 3.05 bits per heavy atom. The standard InChI is InChI=1S/C14H15BrN4O/c15-10-3-11-4-12(16-8-19(11)6-10)14(20)17-13-7-18-2-1-9(13)5-18/h3-4,6,8-9,13H,1-2,5,7H2,(H,17,20)/t9-,13?/m0/s1. The molecular weight excluding hydrogens is 320 g/mol. The van der Waals surface area contributed by atoms with Crippen LogP contribution in [0.2, 0.25) is 0 Å². The molecule has 1 N–H and O–H groups in total. The van der Waals surface area contributed by atoms with Gasteiger partial charge in [-0.05, 0) is 46.9 Å². The number of nitrogens with zero attached hydrogens (tertiary/aromatic N) is 3. The number of nitrogens with one attached hydrogen (secondary N) is 1. The molecule has 104 valence electrons. The highest BCUT2D eigenvalue weighted by Gasteiger charge is 2.38. The van der Waals surface area contributed by atoms with Gasteiger partial charge in [-0.2, -0.15) is 0 Å². The maximum Gasteiger partial charge on any atom is 0.270 e. The fourth-order valence-electron chi connectivity index (χ4n) is 3.29. The van der Waals surface area contributed by atoms with Crippen molar-refractivity contribution in [2.45, 2.75) is 12.5 Å². The first kappa shape index (κ1) is 12.3. The Morgan fingerprint density at radius 2 is 2.30 bits per heavy atom. The Bertz CT molecular complexity index is 683. The van der Waals surface area contributed by atoms with E-state index in [1.807, 2.05) is 22.7 Å². The number of hydrogen-bond acceptors (Lipinski definition) is 3. The molecule has 1 amide bonds. The second-order valence-electron chi connectivity index (χ2n) is 5.65. The third-order valence-electron chi connectivity index (χ3n) is 4.33. The van der Waals surface area contributed by atoms with Crippen molar-refractivity contribution in [3.05, 3.63) is 34.8 Å². The number of aromatic nitrogens is 2. The van der Waals surface area contributed by atoms with E-state index in [0.717, 1.165) is 23.1 Å². The zero-order chi connectivity index (χ0) is 13.7. The van der Waals surface area contributed by atoms with E-state index in [0.29, 0.717) is 11.6 Å². The van der Waals surface area contributed by atoms with Gasteiger partial charge >= 0.3 is 0 Å². The summed E-state index contributed by atoms with van der Waals surface area (Å²) in [6, 6.07) is 4.09. The van der Waals surface area contributed by atoms with Gasteiger partial charge in [0.25, 0.3) is 5.91 Å². The van der Waals surface area contributed by atoms with Crippen LogP contribution in [0.25, 0.3) is 5.52 Å². The van der Waals surface area contributed by atoms with Crippen molar-refractivity contribution >= 4 is 27.4 Å². The molecule has 2 unspecified atom stereocenters. The highest BCUT2D eigenvalue weighted by Crippen LogP contribution is 2.27. The van der Waals surface area contributed by atoms with Crippen LogP contribution in [-0.4, -0.2) is 45.9 Å². The van der Waals surface area contributed by atoms with Gasteiger partial charge in [0.2, 0.25) is 0 Å². The molecule has 0 aliphatic carbocycles. The summed E-state index contributed by atoms with van der Waals surface area (Å²) in [4.78, 5) is 19.0. The average molecular weight is 335 g/mol. The molecule has 2 aromatic heterocycles. The van der Waals surface area contributed by atoms with Crippen molar-refractivity contribution in [1.29, 1.82) is 0 Å². The summed E-state index contributed by atoms with van der Waals surface area (Å²) in [6.07, 6.45) is 4.80. The Labute approximate surface area is 125 Å². The minimum atomic E-state index is -0.0661. The van der Waals surface area contributed by atoms with Crippen molar-refractivity contribution in [2.24, 2.45) is 5.92 Å². The van der Waals surface area contributed by atoms with E-state index >= 15 is 0 Å². The molecule has 0 radical (unpaired) electrons. The summed E-state index contributed by atoms with van der Waals surface area (Å²) < 4.78 is 2.88. The first-order valence-electron chi connectivity index (χ1n) is 6.85. The number of carbonyl (C=O) groups is 1. The van der Waals surface area contributed by atoms with Crippen LogP contribution < -0.4 is 5.32 Å². The average Bonchev–Trinajstić information content (AvgIpc) is 3.10. The van der Waals surface area contributed by atoms with Crippen molar-refractivity contribution in [3.8, 4) is 0 Å². The SMILES string of the molecule is O=C(NC1CN2CC[C@H]1C2)c1cc2cc(Br)cn2cn1. The number of amides is 1. The zero-order valence-corrected chi connectivity index (χ0v) is 12.5. The molecule has 2 bridgehead atoms. The molecule has 20 heavy (non-hydrogen) atoms. The summed E-state index contributed by atoms with van der Waals surface area (Å²) in [6.45, 7) is 3.29. The first-order valence-corrected chi connectivity index (χ1v) is 7.65. The van der Waals surface area contributed by atoms with Crippen LogP contribution in [0, 0.1) is 5.92 Å². The van der Waals surface area contributed by atoms with Gasteiger partial charge in [0.15, 0.2) is 0 Å². The van der Waals surface area contributed by atoms with Crippen molar-refractivity contribution in [2.75, 3.05) is 19.6 Å². The van der Waals surface area contributed by atoms with E-state index in [9.17, 15) is 4.79 Å². The number of hydrogen-bond donors (Lipinski definition) is 1. The predicted octanol–water partition coefficient (Wildman–Crippen LogP) is 1.53. The lowest BCUT2D eigenvalue weighted by Crippen LogP contribution is -2.43. The number of carbonyl (C=O) groups excluding carboxylic acids is 1. The lowest BCUT2D eigenvalue weighted by Gasteiger charge is -2.22. The third-order valence-corrected chi connectivity index (χ3v) is 4.77. The Morgan fingerprint density at radius 1 is 1.40 bits per heavy atom. The number of rotatable bonds is 2. The van der Waals surface area contributed by atoms with Crippen molar-refractivity contribution in [3.63, 3.8) is 0 Å². The summed E-state index contributed by atoms with van der Waals surface area (Å²) in [5, 5.41) is 3.13. The highest BCUT2D eigenvalue weighted by atomic mass is 79.9. The molecule has 6 heteroatoms. The van der Waals surface area contributed by atoms with Gasteiger partial charge in [0, 0.05) is 35.3 Å². The second-order valence-corrected chi connectivity index (χ2v) is 6.57. The van der Waals surface area contributed by atoms with Gasteiger partial charge in [-0.1, -0.05) is 0 Å². The highest BCUT2D eigenvalue weighted by molar-refractivity contribution is 9.10. The quantitative estimate of drug-likeness (QED) is 0.906. The smallest absolute Gasteiger partial charge is 0.270 e. The predicted molar refractivity (Wildman–Crippen MR) is 78.7 cm³/mol. The van der Waals surface area contributed by atoms with Crippen LogP contribution in [0.1, 0.15) is 16.9 Å². The fourth-order valence-corrected chi connectivity index (χ4v) is 3.75. The summed E-state index contributed by atoms with van der Waals surface area (Å²) >= 11 is 3.42. The Hall–Kier alpha value is -1.40. The molecular formula is C14H15BrN4O. The Balaban J connectivity index is 1.54. The van der Waals surface area contributed by atoms with E-state index in [1.165, 1.54) is 13.0 Å². The number of halogens is 1. The zero-order valence-electron chi connectivity index (χ0n) is 10.9. The van der Waals surface area contributed by atoms with Gasteiger partial charge < -0.3 is 14.6 Å². The van der Waals surface area contributed by atoms with E-state index < -0.39 is 0 Å². The van der Waals surface area contributed by atoms with Crippen LogP contribution in [0.3, 0.4) is 0 Å². The van der Waals surface area contributed by atoms with Gasteiger partial charge in [-0.15, -0.1) is 0 Å². The summed E-state index contributed by atoms with van der Waals surface area (Å²) in [5.41, 5.74) is 1.45.